The highest BCUT2D eigenvalue weighted by Gasteiger charge is 2.28. The van der Waals surface area contributed by atoms with Crippen molar-refractivity contribution in [3.8, 4) is 11.8 Å². The maximum absolute atomic E-state index is 13.1. The highest BCUT2D eigenvalue weighted by atomic mass is 19.1. The fraction of sp³-hybridized carbons (Fsp3) is 0.316. The number of nitro groups is 1. The summed E-state index contributed by atoms with van der Waals surface area (Å²) < 4.78 is 26.2. The van der Waals surface area contributed by atoms with Crippen LogP contribution in [-0.4, -0.2) is 27.2 Å². The van der Waals surface area contributed by atoms with Crippen LogP contribution in [0.2, 0.25) is 0 Å². The molecular formula is C19H18FN3O4. The highest BCUT2D eigenvalue weighted by Crippen LogP contribution is 2.29. The number of hydrogen-bond donors (Lipinski definition) is 0. The molecule has 0 saturated heterocycles. The van der Waals surface area contributed by atoms with E-state index < -0.39 is 4.92 Å². The molecule has 0 saturated carbocycles. The van der Waals surface area contributed by atoms with Crippen LogP contribution in [-0.2, 0) is 6.54 Å². The molecule has 0 radical (unpaired) electrons. The third-order valence-electron chi connectivity index (χ3n) is 4.64. The van der Waals surface area contributed by atoms with Crippen LogP contribution in [0.4, 0.5) is 10.2 Å². The van der Waals surface area contributed by atoms with Crippen molar-refractivity contribution in [1.82, 2.24) is 9.55 Å². The van der Waals surface area contributed by atoms with Gasteiger partial charge in [0.15, 0.2) is 0 Å². The minimum Gasteiger partial charge on any atom is -0.490 e. The molecule has 0 fully saturated rings. The van der Waals surface area contributed by atoms with Crippen molar-refractivity contribution in [3.05, 3.63) is 64.1 Å². The summed E-state index contributed by atoms with van der Waals surface area (Å²) in [5, 5.41) is 10.8. The second kappa shape index (κ2) is 7.22. The summed E-state index contributed by atoms with van der Waals surface area (Å²) in [4.78, 5) is 14.1. The molecule has 1 aliphatic carbocycles. The largest absolute Gasteiger partial charge is 0.490 e. The van der Waals surface area contributed by atoms with E-state index in [2.05, 4.69) is 4.98 Å². The zero-order valence-electron chi connectivity index (χ0n) is 14.5. The summed E-state index contributed by atoms with van der Waals surface area (Å²) in [6.07, 6.45) is 6.31. The van der Waals surface area contributed by atoms with Gasteiger partial charge in [0.2, 0.25) is 0 Å². The molecule has 1 aliphatic heterocycles. The number of halogens is 1. The Balaban J connectivity index is 1.34. The third-order valence-corrected chi connectivity index (χ3v) is 4.64. The Bertz CT molecular complexity index is 918. The topological polar surface area (TPSA) is 79.4 Å². The maximum atomic E-state index is 13.1. The first-order valence-electron chi connectivity index (χ1n) is 8.75. The molecule has 2 heterocycles. The van der Waals surface area contributed by atoms with Crippen molar-refractivity contribution in [1.29, 1.82) is 0 Å². The van der Waals surface area contributed by atoms with Gasteiger partial charge in [0.25, 0.3) is 0 Å². The minimum atomic E-state index is -0.534. The van der Waals surface area contributed by atoms with Gasteiger partial charge in [0.05, 0.1) is 0 Å². The van der Waals surface area contributed by atoms with Gasteiger partial charge in [-0.15, -0.1) is 0 Å². The Morgan fingerprint density at radius 1 is 1.30 bits per heavy atom. The summed E-state index contributed by atoms with van der Waals surface area (Å²) in [5.41, 5.74) is 2.15. The lowest BCUT2D eigenvalue weighted by atomic mass is 9.97. The number of hydrogen-bond acceptors (Lipinski definition) is 5. The maximum Gasteiger partial charge on any atom is 0.414 e. The molecule has 0 spiro atoms. The quantitative estimate of drug-likeness (QED) is 0.585. The molecule has 27 heavy (non-hydrogen) atoms. The van der Waals surface area contributed by atoms with Crippen molar-refractivity contribution in [2.45, 2.75) is 31.9 Å². The number of rotatable bonds is 5. The van der Waals surface area contributed by atoms with Crippen LogP contribution in [0.5, 0.6) is 11.8 Å². The van der Waals surface area contributed by atoms with Crippen LogP contribution >= 0.6 is 0 Å². The SMILES string of the molecule is O=[N+]([O-])c1cn2c(n1)OC(COc1ccc(C3=CC=C(F)CC3)cc1)CC2. The molecule has 2 aromatic rings. The van der Waals surface area contributed by atoms with Crippen molar-refractivity contribution < 1.29 is 18.8 Å². The van der Waals surface area contributed by atoms with Gasteiger partial charge < -0.3 is 19.6 Å². The number of imidazole rings is 1. The van der Waals surface area contributed by atoms with Gasteiger partial charge in [-0.25, -0.2) is 4.39 Å². The molecule has 1 aromatic carbocycles. The van der Waals surface area contributed by atoms with Crippen LogP contribution < -0.4 is 9.47 Å². The average molecular weight is 371 g/mol. The van der Waals surface area contributed by atoms with Crippen LogP contribution in [0.25, 0.3) is 5.57 Å². The average Bonchev–Trinajstić information content (AvgIpc) is 3.11. The van der Waals surface area contributed by atoms with E-state index >= 15 is 0 Å². The van der Waals surface area contributed by atoms with E-state index in [-0.39, 0.29) is 23.8 Å². The molecule has 4 rings (SSSR count). The van der Waals surface area contributed by atoms with E-state index in [1.807, 2.05) is 30.3 Å². The third kappa shape index (κ3) is 3.84. The lowest BCUT2D eigenvalue weighted by Gasteiger charge is -2.22. The summed E-state index contributed by atoms with van der Waals surface area (Å²) in [5.74, 6) is 0.409. The molecule has 1 atom stereocenters. The number of nitrogens with zero attached hydrogens (tertiary/aromatic N) is 3. The monoisotopic (exact) mass is 371 g/mol. The van der Waals surface area contributed by atoms with E-state index in [1.54, 1.807) is 4.57 Å². The number of ether oxygens (including phenoxy) is 2. The number of allylic oxidation sites excluding steroid dienone is 4. The second-order valence-corrected chi connectivity index (χ2v) is 6.50. The summed E-state index contributed by atoms with van der Waals surface area (Å²) >= 11 is 0. The molecule has 8 heteroatoms. The van der Waals surface area contributed by atoms with Crippen molar-refractivity contribution in [2.24, 2.45) is 0 Å². The van der Waals surface area contributed by atoms with Crippen LogP contribution in [0, 0.1) is 10.1 Å². The molecule has 1 unspecified atom stereocenters. The first kappa shape index (κ1) is 17.3. The predicted octanol–water partition coefficient (Wildman–Crippen LogP) is 4.05. The van der Waals surface area contributed by atoms with Gasteiger partial charge in [-0.05, 0) is 40.7 Å². The van der Waals surface area contributed by atoms with E-state index in [9.17, 15) is 14.5 Å². The van der Waals surface area contributed by atoms with Crippen molar-refractivity contribution >= 4 is 11.4 Å². The van der Waals surface area contributed by atoms with Crippen LogP contribution in [0.1, 0.15) is 24.8 Å². The Labute approximate surface area is 154 Å². The molecule has 140 valence electrons. The van der Waals surface area contributed by atoms with E-state index in [0.717, 1.165) is 11.1 Å². The molecule has 0 amide bonds. The smallest absolute Gasteiger partial charge is 0.414 e. The Hall–Kier alpha value is -3.16. The molecule has 0 N–H and O–H groups in total. The first-order chi connectivity index (χ1) is 13.1. The molecule has 1 aromatic heterocycles. The molecule has 7 nitrogen and oxygen atoms in total. The van der Waals surface area contributed by atoms with Crippen molar-refractivity contribution in [3.63, 3.8) is 0 Å². The van der Waals surface area contributed by atoms with Gasteiger partial charge in [-0.2, -0.15) is 0 Å². The predicted molar refractivity (Wildman–Crippen MR) is 96.3 cm³/mol. The number of aromatic nitrogens is 2. The highest BCUT2D eigenvalue weighted by molar-refractivity contribution is 5.68. The number of fused-ring (bicyclic) bond motifs is 1. The summed E-state index contributed by atoms with van der Waals surface area (Å²) in [7, 11) is 0. The van der Waals surface area contributed by atoms with Crippen LogP contribution in [0.15, 0.2) is 48.4 Å². The lowest BCUT2D eigenvalue weighted by molar-refractivity contribution is -0.389. The Morgan fingerprint density at radius 3 is 2.81 bits per heavy atom. The van der Waals surface area contributed by atoms with Gasteiger partial charge in [-0.1, -0.05) is 18.2 Å². The first-order valence-corrected chi connectivity index (χ1v) is 8.75. The van der Waals surface area contributed by atoms with Gasteiger partial charge in [0, 0.05) is 24.4 Å². The van der Waals surface area contributed by atoms with Gasteiger partial charge in [-0.3, -0.25) is 4.57 Å². The van der Waals surface area contributed by atoms with Gasteiger partial charge >= 0.3 is 11.8 Å². The van der Waals surface area contributed by atoms with E-state index in [0.29, 0.717) is 38.2 Å². The van der Waals surface area contributed by atoms with Crippen LogP contribution in [0.3, 0.4) is 0 Å². The fourth-order valence-electron chi connectivity index (χ4n) is 3.14. The zero-order chi connectivity index (χ0) is 18.8. The molecule has 2 aliphatic rings. The minimum absolute atomic E-state index is 0.0860. The molecule has 0 bridgehead atoms. The summed E-state index contributed by atoms with van der Waals surface area (Å²) in [6, 6.07) is 7.91. The number of aryl methyl sites for hydroxylation is 1. The van der Waals surface area contributed by atoms with E-state index in [1.165, 1.54) is 12.3 Å². The van der Waals surface area contributed by atoms with Crippen molar-refractivity contribution in [2.75, 3.05) is 6.61 Å². The Kier molecular flexibility index (Phi) is 4.62. The van der Waals surface area contributed by atoms with Gasteiger partial charge in [0.1, 0.15) is 30.5 Å². The standard InChI is InChI=1S/C19H18FN3O4/c20-15-5-1-13(2-6-15)14-3-7-16(8-4-14)26-12-17-9-10-22-11-18(23(24)25)21-19(22)27-17/h1,3-5,7-8,11,17H,2,6,9-10,12H2. The zero-order valence-corrected chi connectivity index (χ0v) is 14.5. The normalized spacial score (nSPS) is 18.8. The Morgan fingerprint density at radius 2 is 2.11 bits per heavy atom. The summed E-state index contributed by atoms with van der Waals surface area (Å²) in [6.45, 7) is 0.929. The molecular weight excluding hydrogens is 353 g/mol. The number of benzene rings is 1. The lowest BCUT2D eigenvalue weighted by Crippen LogP contribution is -2.31. The second-order valence-electron chi connectivity index (χ2n) is 6.50. The van der Waals surface area contributed by atoms with E-state index in [4.69, 9.17) is 9.47 Å². The fourth-order valence-corrected chi connectivity index (χ4v) is 3.14.